The van der Waals surface area contributed by atoms with Gasteiger partial charge in [0.2, 0.25) is 5.91 Å². The number of rotatable bonds is 4. The smallest absolute Gasteiger partial charge is 0.241 e. The Morgan fingerprint density at radius 2 is 1.88 bits per heavy atom. The summed E-state index contributed by atoms with van der Waals surface area (Å²) in [5, 5.41) is 3.43. The van der Waals surface area contributed by atoms with Crippen molar-refractivity contribution < 1.29 is 9.53 Å². The number of benzene rings is 1. The zero-order chi connectivity index (χ0) is 25.3. The third-order valence-corrected chi connectivity index (χ3v) is 6.00. The molecule has 1 aromatic carbocycles. The number of pyridine rings is 1. The van der Waals surface area contributed by atoms with Gasteiger partial charge in [-0.2, -0.15) is 0 Å². The highest BCUT2D eigenvalue weighted by Gasteiger charge is 2.39. The molecule has 6 heteroatoms. The first-order valence-corrected chi connectivity index (χ1v) is 12.2. The molecule has 1 N–H and O–H groups in total. The molecule has 1 aromatic heterocycles. The van der Waals surface area contributed by atoms with Gasteiger partial charge in [-0.15, -0.1) is 0 Å². The summed E-state index contributed by atoms with van der Waals surface area (Å²) in [5.74, 6) is 0.161. The fourth-order valence-electron chi connectivity index (χ4n) is 4.36. The monoisotopic (exact) mass is 466 g/mol. The molecule has 6 nitrogen and oxygen atoms in total. The zero-order valence-electron chi connectivity index (χ0n) is 22.0. The summed E-state index contributed by atoms with van der Waals surface area (Å²) in [5.41, 5.74) is 4.74. The number of nitrogens with one attached hydrogen (secondary N) is 1. The van der Waals surface area contributed by atoms with Crippen molar-refractivity contribution in [3.63, 3.8) is 0 Å². The van der Waals surface area contributed by atoms with Gasteiger partial charge in [0.15, 0.2) is 0 Å². The first-order chi connectivity index (χ1) is 16.3. The van der Waals surface area contributed by atoms with Crippen molar-refractivity contribution in [3.8, 4) is 0 Å². The lowest BCUT2D eigenvalue weighted by atomic mass is 9.88. The summed E-state index contributed by atoms with van der Waals surface area (Å²) in [6, 6.07) is 12.5. The third kappa shape index (κ3) is 6.75. The van der Waals surface area contributed by atoms with E-state index in [4.69, 9.17) is 0 Å². The molecular weight excluding hydrogens is 424 g/mol. The first-order valence-electron chi connectivity index (χ1n) is 12.2. The van der Waals surface area contributed by atoms with Gasteiger partial charge in [-0.1, -0.05) is 64.6 Å². The molecule has 2 aromatic rings. The Balaban J connectivity index is 0.000000758. The van der Waals surface area contributed by atoms with Crippen molar-refractivity contribution in [2.45, 2.75) is 46.1 Å². The van der Waals surface area contributed by atoms with Crippen LogP contribution in [0.1, 0.15) is 51.4 Å². The molecule has 0 radical (unpaired) electrons. The average molecular weight is 467 g/mol. The highest BCUT2D eigenvalue weighted by atomic mass is 16.4. The van der Waals surface area contributed by atoms with E-state index in [1.165, 1.54) is 0 Å². The van der Waals surface area contributed by atoms with Crippen LogP contribution in [-0.2, 0) is 14.9 Å². The summed E-state index contributed by atoms with van der Waals surface area (Å²) >= 11 is 0. The SMILES string of the molecule is C=C(c1ccccc1)c1cc2c(cn1)C(C)(C)CN2C(=O)CN1CCN[C@H](C)C1.CC.COC. The number of nitrogens with zero attached hydrogens (tertiary/aromatic N) is 3. The molecule has 1 saturated heterocycles. The number of aromatic nitrogens is 1. The standard InChI is InChI=1S/C24H30N4O.C2H6O.C2H6/c1-17-14-27(11-10-25-17)15-23(29)28-16-24(3,4)20-13-26-21(12-22(20)28)18(2)19-8-6-5-7-9-19;1-3-2;1-2/h5-9,12-13,17,25H,2,10-11,14-16H2,1,3-4H3;1-2H3;1-2H3/t17-;;/m1../s1. The lowest BCUT2D eigenvalue weighted by Crippen LogP contribution is -2.52. The van der Waals surface area contributed by atoms with E-state index in [2.05, 4.69) is 47.3 Å². The van der Waals surface area contributed by atoms with E-state index in [9.17, 15) is 4.79 Å². The maximum atomic E-state index is 13.2. The van der Waals surface area contributed by atoms with Crippen molar-refractivity contribution >= 4 is 17.2 Å². The highest BCUT2D eigenvalue weighted by molar-refractivity contribution is 5.98. The average Bonchev–Trinajstić information content (AvgIpc) is 3.11. The highest BCUT2D eigenvalue weighted by Crippen LogP contribution is 2.41. The predicted molar refractivity (Wildman–Crippen MR) is 142 cm³/mol. The van der Waals surface area contributed by atoms with Gasteiger partial charge < -0.3 is 15.0 Å². The third-order valence-electron chi connectivity index (χ3n) is 6.00. The van der Waals surface area contributed by atoms with Crippen molar-refractivity contribution in [3.05, 3.63) is 66.0 Å². The molecule has 0 unspecified atom stereocenters. The second-order valence-corrected chi connectivity index (χ2v) is 9.29. The predicted octanol–water partition coefficient (Wildman–Crippen LogP) is 4.35. The zero-order valence-corrected chi connectivity index (χ0v) is 22.0. The minimum atomic E-state index is -0.110. The molecule has 0 spiro atoms. The molecule has 1 amide bonds. The van der Waals surface area contributed by atoms with E-state index < -0.39 is 0 Å². The summed E-state index contributed by atoms with van der Waals surface area (Å²) in [7, 11) is 3.25. The summed E-state index contributed by atoms with van der Waals surface area (Å²) in [6.07, 6.45) is 1.93. The Bertz CT molecular complexity index is 943. The molecule has 0 bridgehead atoms. The lowest BCUT2D eigenvalue weighted by Gasteiger charge is -2.32. The lowest BCUT2D eigenvalue weighted by molar-refractivity contribution is -0.120. The van der Waals surface area contributed by atoms with Crippen LogP contribution < -0.4 is 10.2 Å². The van der Waals surface area contributed by atoms with Crippen molar-refractivity contribution in [1.82, 2.24) is 15.2 Å². The van der Waals surface area contributed by atoms with Crippen LogP contribution in [0.4, 0.5) is 5.69 Å². The topological polar surface area (TPSA) is 57.7 Å². The van der Waals surface area contributed by atoms with Crippen LogP contribution in [0, 0.1) is 0 Å². The Morgan fingerprint density at radius 1 is 1.24 bits per heavy atom. The number of methoxy groups -OCH3 is 1. The van der Waals surface area contributed by atoms with Crippen LogP contribution in [-0.4, -0.2) is 68.8 Å². The van der Waals surface area contributed by atoms with Gasteiger partial charge in [-0.05, 0) is 18.6 Å². The number of amides is 1. The largest absolute Gasteiger partial charge is 0.388 e. The van der Waals surface area contributed by atoms with Crippen LogP contribution in [0.3, 0.4) is 0 Å². The Hall–Kier alpha value is -2.54. The Kier molecular flexibility index (Phi) is 10.4. The van der Waals surface area contributed by atoms with Crippen molar-refractivity contribution in [2.75, 3.05) is 51.8 Å². The maximum Gasteiger partial charge on any atom is 0.241 e. The number of carbonyl (C=O) groups is 1. The van der Waals surface area contributed by atoms with E-state index in [0.29, 0.717) is 19.1 Å². The molecule has 1 atom stereocenters. The van der Waals surface area contributed by atoms with Crippen LogP contribution in [0.25, 0.3) is 5.57 Å². The molecule has 2 aliphatic rings. The van der Waals surface area contributed by atoms with Gasteiger partial charge in [0.1, 0.15) is 0 Å². The van der Waals surface area contributed by atoms with Gasteiger partial charge in [0.05, 0.1) is 17.9 Å². The second-order valence-electron chi connectivity index (χ2n) is 9.29. The minimum Gasteiger partial charge on any atom is -0.388 e. The minimum absolute atomic E-state index is 0.110. The molecule has 3 heterocycles. The first kappa shape index (κ1) is 27.7. The summed E-state index contributed by atoms with van der Waals surface area (Å²) in [6.45, 7) is 18.7. The molecule has 4 rings (SSSR count). The Labute approximate surface area is 206 Å². The van der Waals surface area contributed by atoms with Gasteiger partial charge in [0, 0.05) is 69.2 Å². The van der Waals surface area contributed by atoms with E-state index in [0.717, 1.165) is 47.7 Å². The molecule has 186 valence electrons. The summed E-state index contributed by atoms with van der Waals surface area (Å²) < 4.78 is 4.25. The number of anilines is 1. The van der Waals surface area contributed by atoms with Crippen LogP contribution in [0.2, 0.25) is 0 Å². The number of hydrogen-bond donors (Lipinski definition) is 1. The molecule has 1 fully saturated rings. The molecule has 2 aliphatic heterocycles. The number of piperazine rings is 1. The van der Waals surface area contributed by atoms with Gasteiger partial charge in [-0.25, -0.2) is 0 Å². The maximum absolute atomic E-state index is 13.2. The van der Waals surface area contributed by atoms with E-state index in [-0.39, 0.29) is 11.3 Å². The molecule has 34 heavy (non-hydrogen) atoms. The van der Waals surface area contributed by atoms with Crippen LogP contribution in [0.5, 0.6) is 0 Å². The summed E-state index contributed by atoms with van der Waals surface area (Å²) in [4.78, 5) is 22.1. The molecule has 0 saturated carbocycles. The van der Waals surface area contributed by atoms with Gasteiger partial charge >= 0.3 is 0 Å². The van der Waals surface area contributed by atoms with Gasteiger partial charge in [0.25, 0.3) is 0 Å². The van der Waals surface area contributed by atoms with E-state index >= 15 is 0 Å². The van der Waals surface area contributed by atoms with E-state index in [1.54, 1.807) is 14.2 Å². The molecule has 0 aliphatic carbocycles. The van der Waals surface area contributed by atoms with E-state index in [1.807, 2.05) is 61.3 Å². The quantitative estimate of drug-likeness (QED) is 0.726. The Morgan fingerprint density at radius 3 is 2.50 bits per heavy atom. The van der Waals surface area contributed by atoms with Crippen LogP contribution in [0.15, 0.2) is 49.2 Å². The fraction of sp³-hybridized carbons (Fsp3) is 0.500. The normalized spacial score (nSPS) is 18.7. The second kappa shape index (κ2) is 12.8. The number of carbonyl (C=O) groups excluding carboxylic acids is 1. The number of hydrogen-bond acceptors (Lipinski definition) is 5. The molecular formula is C28H42N4O2. The fourth-order valence-corrected chi connectivity index (χ4v) is 4.36. The number of ether oxygens (including phenoxy) is 1. The van der Waals surface area contributed by atoms with Crippen LogP contribution >= 0.6 is 0 Å². The van der Waals surface area contributed by atoms with Crippen molar-refractivity contribution in [2.24, 2.45) is 0 Å². The van der Waals surface area contributed by atoms with Crippen molar-refractivity contribution in [1.29, 1.82) is 0 Å². The number of fused-ring (bicyclic) bond motifs is 1. The van der Waals surface area contributed by atoms with Gasteiger partial charge in [-0.3, -0.25) is 14.7 Å².